The molecular weight excluding hydrogens is 449 g/mol. The van der Waals surface area contributed by atoms with Crippen molar-refractivity contribution in [3.8, 4) is 5.75 Å². The topological polar surface area (TPSA) is 64.6 Å². The maximum atomic E-state index is 13.6. The summed E-state index contributed by atoms with van der Waals surface area (Å²) >= 11 is 0. The van der Waals surface area contributed by atoms with Crippen LogP contribution in [-0.2, 0) is 14.8 Å². The third-order valence-electron chi connectivity index (χ3n) is 3.24. The highest BCUT2D eigenvalue weighted by Gasteiger charge is 2.71. The molecule has 0 aliphatic heterocycles. The summed E-state index contributed by atoms with van der Waals surface area (Å²) in [7, 11) is -5.75. The summed E-state index contributed by atoms with van der Waals surface area (Å²) in [5.74, 6) is -17.0. The first kappa shape index (κ1) is 25.1. The van der Waals surface area contributed by atoms with Crippen LogP contribution >= 0.6 is 0 Å². The van der Waals surface area contributed by atoms with Crippen molar-refractivity contribution in [2.45, 2.75) is 30.2 Å². The SMILES string of the molecule is CCOCC(F)(F)C(F)(F)C(F)(F)COc1ccc(NS(=O)(=O)C(F)(F)F)cc1. The predicted octanol–water partition coefficient (Wildman–Crippen LogP) is 4.27. The fourth-order valence-corrected chi connectivity index (χ4v) is 2.25. The largest absolute Gasteiger partial charge is 0.516 e. The van der Waals surface area contributed by atoms with Gasteiger partial charge in [0, 0.05) is 12.3 Å². The van der Waals surface area contributed by atoms with Gasteiger partial charge >= 0.3 is 33.3 Å². The van der Waals surface area contributed by atoms with Crippen molar-refractivity contribution in [1.82, 2.24) is 0 Å². The van der Waals surface area contributed by atoms with Gasteiger partial charge in [-0.15, -0.1) is 0 Å². The zero-order valence-corrected chi connectivity index (χ0v) is 15.2. The van der Waals surface area contributed by atoms with Crippen LogP contribution in [-0.4, -0.2) is 51.5 Å². The number of alkyl halides is 9. The van der Waals surface area contributed by atoms with Crippen LogP contribution < -0.4 is 9.46 Å². The van der Waals surface area contributed by atoms with E-state index in [1.807, 2.05) is 0 Å². The lowest BCUT2D eigenvalue weighted by atomic mass is 10.1. The van der Waals surface area contributed by atoms with Crippen molar-refractivity contribution in [2.24, 2.45) is 0 Å². The Labute approximate surface area is 158 Å². The maximum Gasteiger partial charge on any atom is 0.516 e. The Kier molecular flexibility index (Phi) is 7.33. The van der Waals surface area contributed by atoms with E-state index in [9.17, 15) is 47.9 Å². The molecule has 5 nitrogen and oxygen atoms in total. The van der Waals surface area contributed by atoms with Crippen LogP contribution in [0.3, 0.4) is 0 Å². The second kappa shape index (κ2) is 8.45. The lowest BCUT2D eigenvalue weighted by Gasteiger charge is -2.32. The van der Waals surface area contributed by atoms with Crippen molar-refractivity contribution >= 4 is 15.7 Å². The first-order chi connectivity index (χ1) is 13.0. The molecule has 1 aromatic carbocycles. The van der Waals surface area contributed by atoms with E-state index >= 15 is 0 Å². The maximum absolute atomic E-state index is 13.6. The first-order valence-electron chi connectivity index (χ1n) is 7.50. The van der Waals surface area contributed by atoms with E-state index in [0.717, 1.165) is 4.72 Å². The molecule has 0 spiro atoms. The number of hydrogen-bond acceptors (Lipinski definition) is 4. The molecule has 0 atom stereocenters. The summed E-state index contributed by atoms with van der Waals surface area (Å²) in [6, 6.07) is 2.64. The number of ether oxygens (including phenoxy) is 2. The number of halogens is 9. The normalized spacial score (nSPS) is 14.0. The minimum Gasteiger partial charge on any atom is -0.487 e. The lowest BCUT2D eigenvalue weighted by molar-refractivity contribution is -0.324. The molecule has 0 amide bonds. The molecule has 15 heteroatoms. The van der Waals surface area contributed by atoms with Crippen LogP contribution in [0.15, 0.2) is 24.3 Å². The monoisotopic (exact) mass is 463 g/mol. The molecule has 0 radical (unpaired) electrons. The third-order valence-corrected chi connectivity index (χ3v) is 4.35. The second-order valence-electron chi connectivity index (χ2n) is 5.48. The number of sulfonamides is 1. The van der Waals surface area contributed by atoms with Crippen LogP contribution in [0.4, 0.5) is 45.2 Å². The molecule has 0 saturated heterocycles. The molecule has 0 heterocycles. The van der Waals surface area contributed by atoms with Gasteiger partial charge in [-0.1, -0.05) is 0 Å². The average molecular weight is 463 g/mol. The van der Waals surface area contributed by atoms with Crippen molar-refractivity contribution in [1.29, 1.82) is 0 Å². The standard InChI is InChI=1S/C14H14F9NO4S/c1-2-27-7-11(15,16)13(19,20)12(17,18)8-28-10-5-3-9(4-6-10)24-29(25,26)14(21,22)23/h3-6,24H,2,7-8H2,1H3. The lowest BCUT2D eigenvalue weighted by Crippen LogP contribution is -2.58. The van der Waals surface area contributed by atoms with E-state index in [1.54, 1.807) is 0 Å². The van der Waals surface area contributed by atoms with Gasteiger partial charge in [-0.25, -0.2) is 0 Å². The van der Waals surface area contributed by atoms with Gasteiger partial charge in [-0.2, -0.15) is 47.9 Å². The van der Waals surface area contributed by atoms with E-state index in [4.69, 9.17) is 0 Å². The fourth-order valence-electron chi connectivity index (χ4n) is 1.69. The van der Waals surface area contributed by atoms with Gasteiger partial charge in [0.15, 0.2) is 6.61 Å². The highest BCUT2D eigenvalue weighted by molar-refractivity contribution is 7.93. The summed E-state index contributed by atoms with van der Waals surface area (Å²) in [4.78, 5) is 0. The summed E-state index contributed by atoms with van der Waals surface area (Å²) in [5.41, 5.74) is -6.27. The Bertz CT molecular complexity index is 779. The van der Waals surface area contributed by atoms with Gasteiger partial charge in [0.25, 0.3) is 0 Å². The number of rotatable bonds is 10. The minimum atomic E-state index is -5.84. The first-order valence-corrected chi connectivity index (χ1v) is 8.98. The van der Waals surface area contributed by atoms with Crippen molar-refractivity contribution in [3.63, 3.8) is 0 Å². The van der Waals surface area contributed by atoms with Gasteiger partial charge in [0.05, 0.1) is 0 Å². The average Bonchev–Trinajstić information content (AvgIpc) is 2.58. The van der Waals surface area contributed by atoms with Crippen LogP contribution in [0, 0.1) is 0 Å². The van der Waals surface area contributed by atoms with Crippen molar-refractivity contribution < 1.29 is 57.4 Å². The molecule has 1 aromatic rings. The molecule has 0 aliphatic carbocycles. The molecule has 0 bridgehead atoms. The fraction of sp³-hybridized carbons (Fsp3) is 0.571. The quantitative estimate of drug-likeness (QED) is 0.527. The van der Waals surface area contributed by atoms with E-state index < -0.39 is 64.6 Å². The summed E-state index contributed by atoms with van der Waals surface area (Å²) in [5, 5.41) is 0. The van der Waals surface area contributed by atoms with E-state index in [2.05, 4.69) is 9.47 Å². The van der Waals surface area contributed by atoms with Crippen LogP contribution in [0.25, 0.3) is 0 Å². The number of benzene rings is 1. The Morgan fingerprint density at radius 1 is 0.862 bits per heavy atom. The number of hydrogen-bond donors (Lipinski definition) is 1. The molecule has 168 valence electrons. The summed E-state index contributed by atoms with van der Waals surface area (Å²) in [6.45, 7) is -3.39. The highest BCUT2D eigenvalue weighted by Crippen LogP contribution is 2.46. The Morgan fingerprint density at radius 3 is 1.79 bits per heavy atom. The van der Waals surface area contributed by atoms with Crippen LogP contribution in [0.2, 0.25) is 0 Å². The van der Waals surface area contributed by atoms with Crippen molar-refractivity contribution in [3.05, 3.63) is 24.3 Å². The Balaban J connectivity index is 2.84. The molecule has 1 N–H and O–H groups in total. The smallest absolute Gasteiger partial charge is 0.487 e. The van der Waals surface area contributed by atoms with Gasteiger partial charge < -0.3 is 9.47 Å². The van der Waals surface area contributed by atoms with E-state index in [1.165, 1.54) is 6.92 Å². The van der Waals surface area contributed by atoms with Crippen LogP contribution in [0.5, 0.6) is 5.75 Å². The predicted molar refractivity (Wildman–Crippen MR) is 81.9 cm³/mol. The van der Waals surface area contributed by atoms with Gasteiger partial charge in [-0.05, 0) is 31.2 Å². The third kappa shape index (κ3) is 5.81. The minimum absolute atomic E-state index is 0.418. The summed E-state index contributed by atoms with van der Waals surface area (Å²) in [6.07, 6.45) is 0. The van der Waals surface area contributed by atoms with E-state index in [-0.39, 0.29) is 0 Å². The van der Waals surface area contributed by atoms with Gasteiger partial charge in [0.1, 0.15) is 12.4 Å². The molecule has 0 fully saturated rings. The van der Waals surface area contributed by atoms with Gasteiger partial charge in [-0.3, -0.25) is 4.72 Å². The molecule has 1 rings (SSSR count). The molecule has 29 heavy (non-hydrogen) atoms. The molecule has 0 unspecified atom stereocenters. The molecular formula is C14H14F9NO4S. The number of nitrogens with one attached hydrogen (secondary N) is 1. The highest BCUT2D eigenvalue weighted by atomic mass is 32.2. The Morgan fingerprint density at radius 2 is 1.34 bits per heavy atom. The molecule has 0 aliphatic rings. The molecule has 0 saturated carbocycles. The van der Waals surface area contributed by atoms with Crippen LogP contribution in [0.1, 0.15) is 6.92 Å². The molecule has 0 aromatic heterocycles. The zero-order valence-electron chi connectivity index (χ0n) is 14.4. The summed E-state index contributed by atoms with van der Waals surface area (Å²) < 4.78 is 149. The van der Waals surface area contributed by atoms with E-state index in [0.29, 0.717) is 24.3 Å². The second-order valence-corrected chi connectivity index (χ2v) is 7.16. The van der Waals surface area contributed by atoms with Gasteiger partial charge in [0.2, 0.25) is 0 Å². The van der Waals surface area contributed by atoms with Crippen molar-refractivity contribution in [2.75, 3.05) is 24.5 Å². The Hall–Kier alpha value is -1.90. The number of anilines is 1. The zero-order chi connectivity index (χ0) is 22.7.